The Bertz CT molecular complexity index is 661. The maximum absolute atomic E-state index is 10.9. The van der Waals surface area contributed by atoms with Crippen molar-refractivity contribution in [1.82, 2.24) is 9.88 Å². The summed E-state index contributed by atoms with van der Waals surface area (Å²) in [5, 5.41) is 12.2. The van der Waals surface area contributed by atoms with E-state index in [0.717, 1.165) is 43.9 Å². The summed E-state index contributed by atoms with van der Waals surface area (Å²) in [4.78, 5) is 17.5. The van der Waals surface area contributed by atoms with Crippen LogP contribution in [0, 0.1) is 0 Å². The van der Waals surface area contributed by atoms with Crippen molar-refractivity contribution in [2.24, 2.45) is 0 Å². The number of pyridine rings is 1. The molecule has 0 saturated carbocycles. The number of carbonyl (C=O) groups is 1. The highest BCUT2D eigenvalue weighted by atomic mass is 16.4. The van der Waals surface area contributed by atoms with E-state index in [1.165, 1.54) is 6.07 Å². The van der Waals surface area contributed by atoms with Crippen LogP contribution in [0.15, 0.2) is 42.6 Å². The number of rotatable bonds is 9. The van der Waals surface area contributed by atoms with Gasteiger partial charge in [0.25, 0.3) is 0 Å². The lowest BCUT2D eigenvalue weighted by Crippen LogP contribution is -2.24. The first-order valence-electron chi connectivity index (χ1n) is 8.01. The number of nitrogens with zero attached hydrogens (tertiary/aromatic N) is 2. The maximum Gasteiger partial charge on any atom is 0.335 e. The second-order valence-corrected chi connectivity index (χ2v) is 5.76. The monoisotopic (exact) mass is 328 g/mol. The molecule has 2 aromatic rings. The van der Waals surface area contributed by atoms with Crippen LogP contribution < -0.4 is 11.1 Å². The highest BCUT2D eigenvalue weighted by Gasteiger charge is 2.06. The number of aromatic carboxylic acids is 1. The van der Waals surface area contributed by atoms with E-state index in [0.29, 0.717) is 5.69 Å². The fourth-order valence-corrected chi connectivity index (χ4v) is 2.39. The number of nitrogens with two attached hydrogens (primary N) is 1. The van der Waals surface area contributed by atoms with Crippen LogP contribution in [0.25, 0.3) is 0 Å². The number of nitrogens with one attached hydrogen (secondary N) is 1. The summed E-state index contributed by atoms with van der Waals surface area (Å²) in [6, 6.07) is 10.7. The summed E-state index contributed by atoms with van der Waals surface area (Å²) in [5.41, 5.74) is 8.41. The minimum atomic E-state index is -0.970. The van der Waals surface area contributed by atoms with E-state index in [1.54, 1.807) is 12.1 Å². The van der Waals surface area contributed by atoms with Crippen molar-refractivity contribution in [1.29, 1.82) is 0 Å². The SMILES string of the molecule is CN(CCCNc1ccc(C(=O)O)cc1N)CCc1ccccn1. The average Bonchev–Trinajstić information content (AvgIpc) is 2.58. The Labute approximate surface area is 142 Å². The smallest absolute Gasteiger partial charge is 0.335 e. The minimum Gasteiger partial charge on any atom is -0.478 e. The molecule has 1 aromatic carbocycles. The van der Waals surface area contributed by atoms with Crippen molar-refractivity contribution in [3.63, 3.8) is 0 Å². The zero-order valence-corrected chi connectivity index (χ0v) is 13.9. The third-order valence-electron chi connectivity index (χ3n) is 3.81. The van der Waals surface area contributed by atoms with Crippen LogP contribution in [-0.2, 0) is 6.42 Å². The fourth-order valence-electron chi connectivity index (χ4n) is 2.39. The standard InChI is InChI=1S/C18H24N4O2/c1-22(12-8-15-5-2-3-9-20-15)11-4-10-21-17-7-6-14(18(23)24)13-16(17)19/h2-3,5-7,9,13,21H,4,8,10-12,19H2,1H3,(H,23,24). The van der Waals surface area contributed by atoms with Crippen molar-refractivity contribution < 1.29 is 9.90 Å². The second kappa shape index (κ2) is 8.88. The van der Waals surface area contributed by atoms with Gasteiger partial charge in [0.15, 0.2) is 0 Å². The molecule has 1 heterocycles. The minimum absolute atomic E-state index is 0.201. The number of benzene rings is 1. The third kappa shape index (κ3) is 5.55. The molecule has 0 amide bonds. The molecule has 6 heteroatoms. The van der Waals surface area contributed by atoms with E-state index in [2.05, 4.69) is 22.2 Å². The Hall–Kier alpha value is -2.60. The zero-order chi connectivity index (χ0) is 17.4. The molecule has 0 aliphatic heterocycles. The average molecular weight is 328 g/mol. The predicted octanol–water partition coefficient (Wildman–Crippen LogP) is 2.34. The summed E-state index contributed by atoms with van der Waals surface area (Å²) < 4.78 is 0. The second-order valence-electron chi connectivity index (χ2n) is 5.76. The van der Waals surface area contributed by atoms with Gasteiger partial charge in [-0.15, -0.1) is 0 Å². The van der Waals surface area contributed by atoms with E-state index in [9.17, 15) is 4.79 Å². The summed E-state index contributed by atoms with van der Waals surface area (Å²) in [6.45, 7) is 2.71. The molecule has 0 fully saturated rings. The van der Waals surface area contributed by atoms with E-state index < -0.39 is 5.97 Å². The first-order valence-corrected chi connectivity index (χ1v) is 8.01. The lowest BCUT2D eigenvalue weighted by Gasteiger charge is -2.17. The molecule has 6 nitrogen and oxygen atoms in total. The fraction of sp³-hybridized carbons (Fsp3) is 0.333. The highest BCUT2D eigenvalue weighted by molar-refractivity contribution is 5.90. The molecule has 2 rings (SSSR count). The highest BCUT2D eigenvalue weighted by Crippen LogP contribution is 2.19. The number of hydrogen-bond acceptors (Lipinski definition) is 5. The van der Waals surface area contributed by atoms with Crippen molar-refractivity contribution >= 4 is 17.3 Å². The first kappa shape index (κ1) is 17.7. The Balaban J connectivity index is 1.68. The quantitative estimate of drug-likeness (QED) is 0.483. The summed E-state index contributed by atoms with van der Waals surface area (Å²) in [5.74, 6) is -0.970. The molecule has 1 aromatic heterocycles. The van der Waals surface area contributed by atoms with E-state index in [-0.39, 0.29) is 5.56 Å². The van der Waals surface area contributed by atoms with E-state index in [1.807, 2.05) is 24.4 Å². The van der Waals surface area contributed by atoms with Gasteiger partial charge in [0.1, 0.15) is 0 Å². The van der Waals surface area contributed by atoms with Crippen LogP contribution in [0.4, 0.5) is 11.4 Å². The van der Waals surface area contributed by atoms with Gasteiger partial charge >= 0.3 is 5.97 Å². The van der Waals surface area contributed by atoms with Crippen LogP contribution in [0.2, 0.25) is 0 Å². The number of nitrogen functional groups attached to an aromatic ring is 1. The Morgan fingerprint density at radius 1 is 1.29 bits per heavy atom. The normalized spacial score (nSPS) is 10.8. The van der Waals surface area contributed by atoms with Crippen LogP contribution in [-0.4, -0.2) is 47.6 Å². The molecule has 0 radical (unpaired) electrons. The molecular weight excluding hydrogens is 304 g/mol. The molecule has 0 atom stereocenters. The van der Waals surface area contributed by atoms with Crippen LogP contribution in [0.1, 0.15) is 22.5 Å². The van der Waals surface area contributed by atoms with Gasteiger partial charge < -0.3 is 21.1 Å². The van der Waals surface area contributed by atoms with Crippen molar-refractivity contribution in [3.05, 3.63) is 53.9 Å². The van der Waals surface area contributed by atoms with Gasteiger partial charge in [0, 0.05) is 31.4 Å². The maximum atomic E-state index is 10.9. The van der Waals surface area contributed by atoms with Gasteiger partial charge in [-0.2, -0.15) is 0 Å². The lowest BCUT2D eigenvalue weighted by molar-refractivity contribution is 0.0697. The molecule has 24 heavy (non-hydrogen) atoms. The Morgan fingerprint density at radius 3 is 2.79 bits per heavy atom. The van der Waals surface area contributed by atoms with Crippen LogP contribution in [0.5, 0.6) is 0 Å². The largest absolute Gasteiger partial charge is 0.478 e. The van der Waals surface area contributed by atoms with Crippen LogP contribution >= 0.6 is 0 Å². The third-order valence-corrected chi connectivity index (χ3v) is 3.81. The first-order chi connectivity index (χ1) is 11.6. The lowest BCUT2D eigenvalue weighted by atomic mass is 10.1. The summed E-state index contributed by atoms with van der Waals surface area (Å²) in [7, 11) is 2.10. The predicted molar refractivity (Wildman–Crippen MR) is 96.4 cm³/mol. The molecule has 0 spiro atoms. The topological polar surface area (TPSA) is 91.5 Å². The number of likely N-dealkylation sites (N-methyl/N-ethyl adjacent to an activating group) is 1. The van der Waals surface area contributed by atoms with Crippen molar-refractivity contribution in [2.45, 2.75) is 12.8 Å². The molecule has 0 aliphatic carbocycles. The molecule has 0 saturated heterocycles. The van der Waals surface area contributed by atoms with Crippen LogP contribution in [0.3, 0.4) is 0 Å². The number of hydrogen-bond donors (Lipinski definition) is 3. The van der Waals surface area contributed by atoms with E-state index >= 15 is 0 Å². The number of carboxylic acids is 1. The van der Waals surface area contributed by atoms with Gasteiger partial charge in [0.2, 0.25) is 0 Å². The van der Waals surface area contributed by atoms with Gasteiger partial charge in [-0.25, -0.2) is 4.79 Å². The summed E-state index contributed by atoms with van der Waals surface area (Å²) in [6.07, 6.45) is 3.73. The van der Waals surface area contributed by atoms with Gasteiger partial charge in [-0.1, -0.05) is 6.07 Å². The number of anilines is 2. The van der Waals surface area contributed by atoms with Crippen molar-refractivity contribution in [2.75, 3.05) is 37.7 Å². The van der Waals surface area contributed by atoms with Crippen molar-refractivity contribution in [3.8, 4) is 0 Å². The Morgan fingerprint density at radius 2 is 2.12 bits per heavy atom. The van der Waals surface area contributed by atoms with E-state index in [4.69, 9.17) is 10.8 Å². The molecule has 4 N–H and O–H groups in total. The van der Waals surface area contributed by atoms with Gasteiger partial charge in [0.05, 0.1) is 16.9 Å². The van der Waals surface area contributed by atoms with Gasteiger partial charge in [-0.05, 0) is 50.3 Å². The number of carboxylic acid groups (broad SMARTS) is 1. The van der Waals surface area contributed by atoms with Gasteiger partial charge in [-0.3, -0.25) is 4.98 Å². The molecule has 0 bridgehead atoms. The number of aromatic nitrogens is 1. The molecule has 0 unspecified atom stereocenters. The molecular formula is C18H24N4O2. The molecule has 0 aliphatic rings. The zero-order valence-electron chi connectivity index (χ0n) is 13.9. The summed E-state index contributed by atoms with van der Waals surface area (Å²) >= 11 is 0. The Kier molecular flexibility index (Phi) is 6.57. The molecule has 128 valence electrons.